The highest BCUT2D eigenvalue weighted by Crippen LogP contribution is 2.42. The number of nitrogens with one attached hydrogen (secondary N) is 1. The number of methoxy groups -OCH3 is 2. The van der Waals surface area contributed by atoms with Crippen LogP contribution >= 0.6 is 0 Å². The quantitative estimate of drug-likeness (QED) is 0.323. The Morgan fingerprint density at radius 2 is 1.47 bits per heavy atom. The summed E-state index contributed by atoms with van der Waals surface area (Å²) < 4.78 is 52.9. The molecule has 0 saturated carbocycles. The molecule has 0 aliphatic carbocycles. The van der Waals surface area contributed by atoms with E-state index < -0.39 is 17.3 Å². The lowest BCUT2D eigenvalue weighted by molar-refractivity contribution is -0.137. The molecule has 5 rings (SSSR count). The Morgan fingerprint density at radius 1 is 0.861 bits per heavy atom. The lowest BCUT2D eigenvalue weighted by atomic mass is 9.99. The number of halogens is 3. The first-order valence-electron chi connectivity index (χ1n) is 10.9. The number of aromatic amines is 1. The van der Waals surface area contributed by atoms with Gasteiger partial charge >= 0.3 is 6.18 Å². The van der Waals surface area contributed by atoms with Crippen LogP contribution in [0.5, 0.6) is 11.5 Å². The van der Waals surface area contributed by atoms with Gasteiger partial charge in [0.25, 0.3) is 5.56 Å². The minimum atomic E-state index is -4.54. The molecule has 0 aliphatic heterocycles. The van der Waals surface area contributed by atoms with E-state index in [0.717, 1.165) is 12.1 Å². The molecule has 0 bridgehead atoms. The van der Waals surface area contributed by atoms with Crippen LogP contribution in [0.1, 0.15) is 5.56 Å². The van der Waals surface area contributed by atoms with Gasteiger partial charge in [-0.2, -0.15) is 13.2 Å². The Kier molecular flexibility index (Phi) is 5.75. The van der Waals surface area contributed by atoms with Gasteiger partial charge < -0.3 is 14.5 Å². The fraction of sp³-hybridized carbons (Fsp3) is 0.111. The van der Waals surface area contributed by atoms with Crippen LogP contribution in [0.3, 0.4) is 0 Å². The van der Waals surface area contributed by atoms with Gasteiger partial charge in [-0.1, -0.05) is 18.2 Å². The largest absolute Gasteiger partial charge is 0.497 e. The van der Waals surface area contributed by atoms with Gasteiger partial charge in [-0.05, 0) is 65.7 Å². The SMILES string of the molecule is COc1ccc(-c2c(-c3ccc(OC)cc3)n(-c3cccc(C(F)(F)F)c3)c3nc[nH]c(=O)c23)cc1. The Hall–Kier alpha value is -4.53. The number of alkyl halides is 3. The monoisotopic (exact) mass is 491 g/mol. The maximum Gasteiger partial charge on any atom is 0.416 e. The van der Waals surface area contributed by atoms with E-state index in [1.807, 2.05) is 0 Å². The molecule has 0 saturated heterocycles. The Bertz CT molecular complexity index is 1600. The summed E-state index contributed by atoms with van der Waals surface area (Å²) in [6, 6.07) is 19.1. The minimum Gasteiger partial charge on any atom is -0.497 e. The molecule has 6 nitrogen and oxygen atoms in total. The molecule has 0 aliphatic rings. The van der Waals surface area contributed by atoms with E-state index in [0.29, 0.717) is 33.9 Å². The Balaban J connectivity index is 1.92. The third-order valence-corrected chi connectivity index (χ3v) is 5.93. The molecule has 182 valence electrons. The summed E-state index contributed by atoms with van der Waals surface area (Å²) in [5.41, 5.74) is 1.62. The van der Waals surface area contributed by atoms with E-state index >= 15 is 0 Å². The van der Waals surface area contributed by atoms with Crippen LogP contribution in [0.4, 0.5) is 13.2 Å². The van der Waals surface area contributed by atoms with E-state index in [1.54, 1.807) is 73.4 Å². The van der Waals surface area contributed by atoms with E-state index in [2.05, 4.69) is 9.97 Å². The van der Waals surface area contributed by atoms with Gasteiger partial charge in [0.1, 0.15) is 11.5 Å². The van der Waals surface area contributed by atoms with Crippen LogP contribution in [0.15, 0.2) is 83.9 Å². The molecule has 3 aromatic carbocycles. The third-order valence-electron chi connectivity index (χ3n) is 5.93. The smallest absolute Gasteiger partial charge is 0.416 e. The summed E-state index contributed by atoms with van der Waals surface area (Å²) in [7, 11) is 3.09. The van der Waals surface area contributed by atoms with Crippen LogP contribution in [-0.4, -0.2) is 28.8 Å². The van der Waals surface area contributed by atoms with E-state index in [4.69, 9.17) is 9.47 Å². The predicted octanol–water partition coefficient (Wildman–Crippen LogP) is 6.08. The highest BCUT2D eigenvalue weighted by Gasteiger charge is 2.31. The first-order valence-corrected chi connectivity index (χ1v) is 10.9. The van der Waals surface area contributed by atoms with Crippen LogP contribution in [0.25, 0.3) is 39.1 Å². The normalized spacial score (nSPS) is 11.6. The number of rotatable bonds is 5. The molecule has 2 heterocycles. The van der Waals surface area contributed by atoms with Gasteiger partial charge in [-0.15, -0.1) is 0 Å². The summed E-state index contributed by atoms with van der Waals surface area (Å²) >= 11 is 0. The first-order chi connectivity index (χ1) is 17.3. The molecule has 36 heavy (non-hydrogen) atoms. The van der Waals surface area contributed by atoms with Gasteiger partial charge in [0.15, 0.2) is 5.65 Å². The van der Waals surface area contributed by atoms with E-state index in [1.165, 1.54) is 12.4 Å². The van der Waals surface area contributed by atoms with Crippen LogP contribution in [-0.2, 0) is 6.18 Å². The number of fused-ring (bicyclic) bond motifs is 1. The zero-order valence-electron chi connectivity index (χ0n) is 19.3. The number of nitrogens with zero attached hydrogens (tertiary/aromatic N) is 2. The molecule has 0 radical (unpaired) electrons. The fourth-order valence-corrected chi connectivity index (χ4v) is 4.26. The summed E-state index contributed by atoms with van der Waals surface area (Å²) in [6.45, 7) is 0. The average molecular weight is 491 g/mol. The van der Waals surface area contributed by atoms with E-state index in [-0.39, 0.29) is 16.7 Å². The second-order valence-electron chi connectivity index (χ2n) is 7.99. The van der Waals surface area contributed by atoms with Crippen molar-refractivity contribution in [3.05, 3.63) is 95.0 Å². The van der Waals surface area contributed by atoms with Crippen molar-refractivity contribution < 1.29 is 22.6 Å². The van der Waals surface area contributed by atoms with Crippen molar-refractivity contribution in [1.29, 1.82) is 0 Å². The molecule has 2 aromatic heterocycles. The van der Waals surface area contributed by atoms with Gasteiger partial charge in [-0.3, -0.25) is 9.36 Å². The highest BCUT2D eigenvalue weighted by molar-refractivity contribution is 6.04. The van der Waals surface area contributed by atoms with Crippen LogP contribution in [0, 0.1) is 0 Å². The molecular weight excluding hydrogens is 471 g/mol. The maximum absolute atomic E-state index is 13.6. The van der Waals surface area contributed by atoms with Crippen molar-refractivity contribution in [2.24, 2.45) is 0 Å². The number of hydrogen-bond donors (Lipinski definition) is 1. The van der Waals surface area contributed by atoms with Crippen LogP contribution in [0.2, 0.25) is 0 Å². The minimum absolute atomic E-state index is 0.221. The molecular formula is C27H20F3N3O3. The zero-order chi connectivity index (χ0) is 25.4. The fourth-order valence-electron chi connectivity index (χ4n) is 4.26. The molecule has 5 aromatic rings. The van der Waals surface area contributed by atoms with Crippen molar-refractivity contribution in [1.82, 2.24) is 14.5 Å². The average Bonchev–Trinajstić information content (AvgIpc) is 3.25. The number of hydrogen-bond acceptors (Lipinski definition) is 4. The molecule has 0 atom stereocenters. The Labute approximate surface area is 203 Å². The molecule has 0 fully saturated rings. The third kappa shape index (κ3) is 3.98. The second-order valence-corrected chi connectivity index (χ2v) is 7.99. The topological polar surface area (TPSA) is 69.1 Å². The standard InChI is InChI=1S/C27H20F3N3O3/c1-35-20-10-6-16(7-11-20)22-23-25(31-15-32-26(23)34)33(19-5-3-4-18(14-19)27(28,29)30)24(22)17-8-12-21(36-2)13-9-17/h3-15H,1-2H3,(H,31,32,34). The van der Waals surface area contributed by atoms with Crippen molar-refractivity contribution in [3.63, 3.8) is 0 Å². The summed E-state index contributed by atoms with van der Waals surface area (Å²) in [6.07, 6.45) is -3.30. The van der Waals surface area contributed by atoms with Crippen molar-refractivity contribution in [2.45, 2.75) is 6.18 Å². The van der Waals surface area contributed by atoms with Gasteiger partial charge in [0, 0.05) is 11.3 Å². The molecule has 0 unspecified atom stereocenters. The number of ether oxygens (including phenoxy) is 2. The molecule has 0 spiro atoms. The number of benzene rings is 3. The van der Waals surface area contributed by atoms with Crippen molar-refractivity contribution in [2.75, 3.05) is 14.2 Å². The lowest BCUT2D eigenvalue weighted by Gasteiger charge is -2.15. The summed E-state index contributed by atoms with van der Waals surface area (Å²) in [4.78, 5) is 20.1. The molecule has 0 amide bonds. The predicted molar refractivity (Wildman–Crippen MR) is 131 cm³/mol. The van der Waals surface area contributed by atoms with Crippen LogP contribution < -0.4 is 15.0 Å². The zero-order valence-corrected chi connectivity index (χ0v) is 19.3. The Morgan fingerprint density at radius 3 is 2.06 bits per heavy atom. The summed E-state index contributed by atoms with van der Waals surface area (Å²) in [5, 5.41) is 0.255. The molecule has 1 N–H and O–H groups in total. The number of H-pyrrole nitrogens is 1. The van der Waals surface area contributed by atoms with Crippen molar-refractivity contribution in [3.8, 4) is 39.6 Å². The first kappa shape index (κ1) is 23.2. The van der Waals surface area contributed by atoms with E-state index in [9.17, 15) is 18.0 Å². The second kappa shape index (κ2) is 8.92. The molecule has 9 heteroatoms. The van der Waals surface area contributed by atoms with Crippen molar-refractivity contribution >= 4 is 11.0 Å². The number of aromatic nitrogens is 3. The maximum atomic E-state index is 13.6. The lowest BCUT2D eigenvalue weighted by Crippen LogP contribution is -2.08. The summed E-state index contributed by atoms with van der Waals surface area (Å²) in [5.74, 6) is 1.24. The van der Waals surface area contributed by atoms with Gasteiger partial charge in [0.2, 0.25) is 0 Å². The highest BCUT2D eigenvalue weighted by atomic mass is 19.4. The van der Waals surface area contributed by atoms with Gasteiger partial charge in [-0.25, -0.2) is 4.98 Å². The van der Waals surface area contributed by atoms with Gasteiger partial charge in [0.05, 0.1) is 37.2 Å².